The van der Waals surface area contributed by atoms with Gasteiger partial charge in [0.1, 0.15) is 5.75 Å². The molecule has 5 heteroatoms. The van der Waals surface area contributed by atoms with Crippen LogP contribution in [0.5, 0.6) is 5.75 Å². The Morgan fingerprint density at radius 1 is 1.08 bits per heavy atom. The van der Waals surface area contributed by atoms with E-state index in [9.17, 15) is 4.79 Å². The van der Waals surface area contributed by atoms with Gasteiger partial charge in [0.05, 0.1) is 17.7 Å². The van der Waals surface area contributed by atoms with Crippen LogP contribution in [0, 0.1) is 6.92 Å². The fourth-order valence-corrected chi connectivity index (χ4v) is 3.78. The predicted molar refractivity (Wildman–Crippen MR) is 100 cm³/mol. The van der Waals surface area contributed by atoms with Gasteiger partial charge in [-0.15, -0.1) is 11.3 Å². The van der Waals surface area contributed by atoms with Crippen molar-refractivity contribution < 1.29 is 9.53 Å². The molecule has 3 rings (SSSR count). The SMILES string of the molecule is COc1ccc(-c2sc(N)c(C(=O)c3ccc(Cl)cc3)c2C)cc1. The van der Waals surface area contributed by atoms with Gasteiger partial charge >= 0.3 is 0 Å². The Balaban J connectivity index is 2.02. The van der Waals surface area contributed by atoms with Gasteiger partial charge in [0.2, 0.25) is 0 Å². The summed E-state index contributed by atoms with van der Waals surface area (Å²) in [6.45, 7) is 1.93. The number of anilines is 1. The number of hydrogen-bond acceptors (Lipinski definition) is 4. The molecule has 3 nitrogen and oxygen atoms in total. The molecule has 2 N–H and O–H groups in total. The second kappa shape index (κ2) is 6.67. The van der Waals surface area contributed by atoms with Crippen LogP contribution in [-0.2, 0) is 0 Å². The molecule has 0 aliphatic carbocycles. The van der Waals surface area contributed by atoms with E-state index in [2.05, 4.69) is 0 Å². The zero-order chi connectivity index (χ0) is 17.3. The van der Waals surface area contributed by atoms with Crippen molar-refractivity contribution in [3.8, 4) is 16.2 Å². The molecule has 0 fully saturated rings. The lowest BCUT2D eigenvalue weighted by Gasteiger charge is -2.05. The lowest BCUT2D eigenvalue weighted by Crippen LogP contribution is -2.04. The van der Waals surface area contributed by atoms with E-state index in [1.807, 2.05) is 31.2 Å². The summed E-state index contributed by atoms with van der Waals surface area (Å²) in [5.41, 5.74) is 9.20. The Labute approximate surface area is 149 Å². The van der Waals surface area contributed by atoms with Gasteiger partial charge < -0.3 is 10.5 Å². The van der Waals surface area contributed by atoms with Crippen molar-refractivity contribution in [2.45, 2.75) is 6.92 Å². The molecule has 0 atom stereocenters. The maximum Gasteiger partial charge on any atom is 0.196 e. The Morgan fingerprint density at radius 2 is 1.71 bits per heavy atom. The van der Waals surface area contributed by atoms with E-state index < -0.39 is 0 Å². The molecule has 1 heterocycles. The monoisotopic (exact) mass is 357 g/mol. The molecule has 0 aliphatic heterocycles. The van der Waals surface area contributed by atoms with E-state index in [-0.39, 0.29) is 5.78 Å². The first-order chi connectivity index (χ1) is 11.5. The van der Waals surface area contributed by atoms with Crippen LogP contribution in [0.3, 0.4) is 0 Å². The summed E-state index contributed by atoms with van der Waals surface area (Å²) in [5.74, 6) is 0.705. The zero-order valence-electron chi connectivity index (χ0n) is 13.3. The van der Waals surface area contributed by atoms with E-state index >= 15 is 0 Å². The minimum atomic E-state index is -0.0855. The quantitative estimate of drug-likeness (QED) is 0.653. The summed E-state index contributed by atoms with van der Waals surface area (Å²) < 4.78 is 5.18. The average Bonchev–Trinajstić information content (AvgIpc) is 2.89. The Hall–Kier alpha value is -2.30. The summed E-state index contributed by atoms with van der Waals surface area (Å²) in [4.78, 5) is 13.8. The van der Waals surface area contributed by atoms with Gasteiger partial charge in [-0.2, -0.15) is 0 Å². The highest BCUT2D eigenvalue weighted by atomic mass is 35.5. The number of ether oxygens (including phenoxy) is 1. The van der Waals surface area contributed by atoms with Crippen molar-refractivity contribution in [1.82, 2.24) is 0 Å². The molecule has 0 radical (unpaired) electrons. The Kier molecular flexibility index (Phi) is 4.60. The second-order valence-electron chi connectivity index (χ2n) is 5.36. The fraction of sp³-hybridized carbons (Fsp3) is 0.105. The number of benzene rings is 2. The highest BCUT2D eigenvalue weighted by Gasteiger charge is 2.21. The van der Waals surface area contributed by atoms with Crippen LogP contribution in [-0.4, -0.2) is 12.9 Å². The molecule has 0 unspecified atom stereocenters. The highest BCUT2D eigenvalue weighted by Crippen LogP contribution is 2.39. The number of nitrogen functional groups attached to an aromatic ring is 1. The smallest absolute Gasteiger partial charge is 0.196 e. The second-order valence-corrected chi connectivity index (χ2v) is 6.85. The Bertz CT molecular complexity index is 883. The van der Waals surface area contributed by atoms with Crippen molar-refractivity contribution >= 4 is 33.7 Å². The maximum atomic E-state index is 12.8. The van der Waals surface area contributed by atoms with Crippen molar-refractivity contribution in [3.05, 3.63) is 70.2 Å². The van der Waals surface area contributed by atoms with Gasteiger partial charge in [0, 0.05) is 15.5 Å². The maximum absolute atomic E-state index is 12.8. The van der Waals surface area contributed by atoms with Crippen LogP contribution < -0.4 is 10.5 Å². The summed E-state index contributed by atoms with van der Waals surface area (Å²) in [6, 6.07) is 14.6. The third-order valence-electron chi connectivity index (χ3n) is 3.86. The molecule has 24 heavy (non-hydrogen) atoms. The molecule has 122 valence electrons. The van der Waals surface area contributed by atoms with E-state index in [4.69, 9.17) is 22.1 Å². The molecule has 0 spiro atoms. The molecular formula is C19H16ClNO2S. The van der Waals surface area contributed by atoms with Crippen molar-refractivity contribution in [2.24, 2.45) is 0 Å². The van der Waals surface area contributed by atoms with E-state index in [1.165, 1.54) is 11.3 Å². The standard InChI is InChI=1S/C19H16ClNO2S/c1-11-16(17(22)12-3-7-14(20)8-4-12)19(21)24-18(11)13-5-9-15(23-2)10-6-13/h3-10H,21H2,1-2H3. The molecule has 2 aromatic carbocycles. The van der Waals surface area contributed by atoms with Gasteiger partial charge in [-0.3, -0.25) is 4.79 Å². The molecule has 0 amide bonds. The topological polar surface area (TPSA) is 52.3 Å². The lowest BCUT2D eigenvalue weighted by molar-refractivity contribution is 0.103. The predicted octanol–water partition coefficient (Wildman–Crippen LogP) is 5.20. The molecular weight excluding hydrogens is 342 g/mol. The lowest BCUT2D eigenvalue weighted by atomic mass is 9.99. The van der Waals surface area contributed by atoms with Crippen molar-refractivity contribution in [2.75, 3.05) is 12.8 Å². The highest BCUT2D eigenvalue weighted by molar-refractivity contribution is 7.20. The van der Waals surface area contributed by atoms with Crippen LogP contribution in [0.25, 0.3) is 10.4 Å². The minimum Gasteiger partial charge on any atom is -0.497 e. The number of methoxy groups -OCH3 is 1. The molecule has 0 saturated carbocycles. The summed E-state index contributed by atoms with van der Waals surface area (Å²) in [7, 11) is 1.63. The van der Waals surface area contributed by atoms with Crippen molar-refractivity contribution in [3.63, 3.8) is 0 Å². The molecule has 0 aliphatic rings. The van der Waals surface area contributed by atoms with Gasteiger partial charge in [0.25, 0.3) is 0 Å². The average molecular weight is 358 g/mol. The van der Waals surface area contributed by atoms with Gasteiger partial charge in [-0.05, 0) is 66.6 Å². The molecule has 1 aromatic heterocycles. The van der Waals surface area contributed by atoms with E-state index in [0.717, 1.165) is 21.8 Å². The van der Waals surface area contributed by atoms with Crippen molar-refractivity contribution in [1.29, 1.82) is 0 Å². The summed E-state index contributed by atoms with van der Waals surface area (Å²) >= 11 is 7.31. The first-order valence-electron chi connectivity index (χ1n) is 7.35. The third kappa shape index (κ3) is 3.03. The summed E-state index contributed by atoms with van der Waals surface area (Å²) in [6.07, 6.45) is 0. The van der Waals surface area contributed by atoms with Crippen LogP contribution >= 0.6 is 22.9 Å². The third-order valence-corrected chi connectivity index (χ3v) is 5.28. The van der Waals surface area contributed by atoms with Crippen LogP contribution in [0.2, 0.25) is 5.02 Å². The largest absolute Gasteiger partial charge is 0.497 e. The number of thiophene rings is 1. The number of carbonyl (C=O) groups excluding carboxylic acids is 1. The molecule has 0 saturated heterocycles. The zero-order valence-corrected chi connectivity index (χ0v) is 14.9. The normalized spacial score (nSPS) is 10.6. The van der Waals surface area contributed by atoms with Crippen LogP contribution in [0.1, 0.15) is 21.5 Å². The Morgan fingerprint density at radius 3 is 2.29 bits per heavy atom. The number of hydrogen-bond donors (Lipinski definition) is 1. The number of halogens is 1. The number of nitrogens with two attached hydrogens (primary N) is 1. The first-order valence-corrected chi connectivity index (χ1v) is 8.54. The number of ketones is 1. The summed E-state index contributed by atoms with van der Waals surface area (Å²) in [5, 5.41) is 1.12. The number of carbonyl (C=O) groups is 1. The van der Waals surface area contributed by atoms with E-state index in [1.54, 1.807) is 31.4 Å². The molecule has 3 aromatic rings. The minimum absolute atomic E-state index is 0.0855. The number of rotatable bonds is 4. The van der Waals surface area contributed by atoms with Crippen LogP contribution in [0.15, 0.2) is 48.5 Å². The molecule has 0 bridgehead atoms. The first kappa shape index (κ1) is 16.6. The van der Waals surface area contributed by atoms with Gasteiger partial charge in [-0.25, -0.2) is 0 Å². The fourth-order valence-electron chi connectivity index (χ4n) is 2.58. The van der Waals surface area contributed by atoms with Gasteiger partial charge in [-0.1, -0.05) is 11.6 Å². The van der Waals surface area contributed by atoms with Crippen LogP contribution in [0.4, 0.5) is 5.00 Å². The van der Waals surface area contributed by atoms with E-state index in [0.29, 0.717) is 21.2 Å². The van der Waals surface area contributed by atoms with Gasteiger partial charge in [0.15, 0.2) is 5.78 Å².